The van der Waals surface area contributed by atoms with Gasteiger partial charge in [0.15, 0.2) is 0 Å². The molecule has 0 fully saturated rings. The van der Waals surface area contributed by atoms with Crippen LogP contribution in [0.25, 0.3) is 10.9 Å². The average molecular weight is 404 g/mol. The van der Waals surface area contributed by atoms with Crippen LogP contribution in [0.2, 0.25) is 10.0 Å². The van der Waals surface area contributed by atoms with Crippen molar-refractivity contribution in [3.63, 3.8) is 0 Å². The Balaban J connectivity index is 1.55. The van der Waals surface area contributed by atoms with Gasteiger partial charge in [-0.3, -0.25) is 4.79 Å². The van der Waals surface area contributed by atoms with Gasteiger partial charge in [0.2, 0.25) is 0 Å². The van der Waals surface area contributed by atoms with E-state index in [0.717, 1.165) is 15.8 Å². The van der Waals surface area contributed by atoms with Gasteiger partial charge >= 0.3 is 0 Å². The Hall–Kier alpha value is -2.06. The molecule has 0 radical (unpaired) electrons. The topological polar surface area (TPSA) is 31.2 Å². The van der Waals surface area contributed by atoms with Crippen molar-refractivity contribution in [3.8, 4) is 17.6 Å². The third-order valence-electron chi connectivity index (χ3n) is 3.73. The third-order valence-corrected chi connectivity index (χ3v) is 5.13. The molecule has 0 bridgehead atoms. The van der Waals surface area contributed by atoms with E-state index in [0.29, 0.717) is 21.5 Å². The van der Waals surface area contributed by atoms with E-state index in [2.05, 4.69) is 17.9 Å². The number of ether oxygens (including phenoxy) is 1. The van der Waals surface area contributed by atoms with Crippen molar-refractivity contribution in [3.05, 3.63) is 68.9 Å². The van der Waals surface area contributed by atoms with Crippen LogP contribution in [0.15, 0.2) is 58.2 Å². The number of nitrogens with zero attached hydrogens (tertiary/aromatic N) is 1. The van der Waals surface area contributed by atoms with Crippen LogP contribution in [-0.2, 0) is 7.05 Å². The van der Waals surface area contributed by atoms with Gasteiger partial charge in [0.05, 0.1) is 16.3 Å². The van der Waals surface area contributed by atoms with E-state index in [-0.39, 0.29) is 12.2 Å². The molecular weight excluding hydrogens is 389 g/mol. The number of aryl methyl sites for hydroxylation is 1. The Labute approximate surface area is 165 Å². The van der Waals surface area contributed by atoms with Crippen molar-refractivity contribution in [2.24, 2.45) is 7.05 Å². The van der Waals surface area contributed by atoms with Gasteiger partial charge in [0.1, 0.15) is 12.4 Å². The molecule has 0 amide bonds. The number of hydrogen-bond donors (Lipinski definition) is 0. The van der Waals surface area contributed by atoms with E-state index in [4.69, 9.17) is 27.9 Å². The van der Waals surface area contributed by atoms with Crippen molar-refractivity contribution < 1.29 is 4.74 Å². The number of fused-ring (bicyclic) bond motifs is 1. The molecule has 132 valence electrons. The number of thioether (sulfide) groups is 1. The first-order valence-corrected chi connectivity index (χ1v) is 9.55. The smallest absolute Gasteiger partial charge is 0.250 e. The second kappa shape index (κ2) is 8.55. The van der Waals surface area contributed by atoms with E-state index in [1.54, 1.807) is 47.6 Å². The summed E-state index contributed by atoms with van der Waals surface area (Å²) >= 11 is 13.5. The Morgan fingerprint density at radius 1 is 1.08 bits per heavy atom. The summed E-state index contributed by atoms with van der Waals surface area (Å²) in [4.78, 5) is 12.7. The van der Waals surface area contributed by atoms with Crippen LogP contribution < -0.4 is 10.3 Å². The predicted octanol–water partition coefficient (Wildman–Crippen LogP) is 5.02. The average Bonchev–Trinajstić information content (AvgIpc) is 2.62. The molecule has 0 N–H and O–H groups in total. The van der Waals surface area contributed by atoms with Crippen LogP contribution in [0, 0.1) is 11.8 Å². The van der Waals surface area contributed by atoms with E-state index in [9.17, 15) is 4.79 Å². The van der Waals surface area contributed by atoms with Crippen molar-refractivity contribution in [1.82, 2.24) is 4.57 Å². The number of aromatic nitrogens is 1. The van der Waals surface area contributed by atoms with Crippen LogP contribution in [0.5, 0.6) is 5.75 Å². The second-order valence-electron chi connectivity index (χ2n) is 5.46. The van der Waals surface area contributed by atoms with E-state index >= 15 is 0 Å². The minimum absolute atomic E-state index is 0.00967. The molecular formula is C20H15Cl2NO2S. The minimum atomic E-state index is -0.00967. The lowest BCUT2D eigenvalue weighted by Crippen LogP contribution is -2.14. The molecule has 0 spiro atoms. The summed E-state index contributed by atoms with van der Waals surface area (Å²) in [5, 5.41) is 2.07. The number of halogens is 2. The SMILES string of the molecule is Cn1c(=O)ccc2cc(SCC#CCOc3ccc(Cl)cc3Cl)ccc21. The van der Waals surface area contributed by atoms with Crippen molar-refractivity contribution in [2.75, 3.05) is 12.4 Å². The minimum Gasteiger partial charge on any atom is -0.479 e. The van der Waals surface area contributed by atoms with Gasteiger partial charge < -0.3 is 9.30 Å². The van der Waals surface area contributed by atoms with E-state index < -0.39 is 0 Å². The van der Waals surface area contributed by atoms with Gasteiger partial charge in [-0.2, -0.15) is 0 Å². The Morgan fingerprint density at radius 2 is 1.92 bits per heavy atom. The highest BCUT2D eigenvalue weighted by Crippen LogP contribution is 2.27. The van der Waals surface area contributed by atoms with Crippen molar-refractivity contribution in [1.29, 1.82) is 0 Å². The lowest BCUT2D eigenvalue weighted by molar-refractivity contribution is 0.370. The quantitative estimate of drug-likeness (QED) is 0.452. The molecule has 0 aliphatic heterocycles. The maximum Gasteiger partial charge on any atom is 0.250 e. The Kier molecular flexibility index (Phi) is 6.16. The van der Waals surface area contributed by atoms with Crippen LogP contribution in [0.4, 0.5) is 0 Å². The maximum atomic E-state index is 11.6. The molecule has 0 atom stereocenters. The zero-order valence-corrected chi connectivity index (χ0v) is 16.3. The van der Waals surface area contributed by atoms with Gasteiger partial charge in [-0.25, -0.2) is 0 Å². The molecule has 0 saturated heterocycles. The van der Waals surface area contributed by atoms with Gasteiger partial charge in [0.25, 0.3) is 5.56 Å². The van der Waals surface area contributed by atoms with E-state index in [1.807, 2.05) is 18.2 Å². The summed E-state index contributed by atoms with van der Waals surface area (Å²) in [6.45, 7) is 0.266. The molecule has 3 nitrogen and oxygen atoms in total. The summed E-state index contributed by atoms with van der Waals surface area (Å²) in [7, 11) is 1.77. The maximum absolute atomic E-state index is 11.6. The molecule has 26 heavy (non-hydrogen) atoms. The first-order valence-electron chi connectivity index (χ1n) is 7.81. The first-order chi connectivity index (χ1) is 12.5. The van der Waals surface area contributed by atoms with Crippen LogP contribution in [0.3, 0.4) is 0 Å². The number of hydrogen-bond acceptors (Lipinski definition) is 3. The first kappa shape index (κ1) is 18.7. The highest BCUT2D eigenvalue weighted by Gasteiger charge is 2.02. The fourth-order valence-corrected chi connectivity index (χ4v) is 3.56. The number of pyridine rings is 1. The number of rotatable bonds is 4. The monoisotopic (exact) mass is 403 g/mol. The molecule has 0 unspecified atom stereocenters. The largest absolute Gasteiger partial charge is 0.479 e. The Bertz CT molecular complexity index is 1070. The normalized spacial score (nSPS) is 10.4. The Morgan fingerprint density at radius 3 is 2.73 bits per heavy atom. The van der Waals surface area contributed by atoms with Gasteiger partial charge in [-0.1, -0.05) is 35.0 Å². The van der Waals surface area contributed by atoms with Crippen LogP contribution in [0.1, 0.15) is 0 Å². The highest BCUT2D eigenvalue weighted by atomic mass is 35.5. The highest BCUT2D eigenvalue weighted by molar-refractivity contribution is 7.99. The summed E-state index contributed by atoms with van der Waals surface area (Å²) < 4.78 is 7.16. The van der Waals surface area contributed by atoms with Crippen LogP contribution >= 0.6 is 35.0 Å². The molecule has 3 aromatic rings. The summed E-state index contributed by atoms with van der Waals surface area (Å²) in [6.07, 6.45) is 0. The summed E-state index contributed by atoms with van der Waals surface area (Å²) in [5.74, 6) is 7.25. The summed E-state index contributed by atoms with van der Waals surface area (Å²) in [6, 6.07) is 14.5. The van der Waals surface area contributed by atoms with Crippen molar-refractivity contribution in [2.45, 2.75) is 4.90 Å². The van der Waals surface area contributed by atoms with Gasteiger partial charge in [0, 0.05) is 23.0 Å². The zero-order valence-electron chi connectivity index (χ0n) is 14.0. The fraction of sp³-hybridized carbons (Fsp3) is 0.150. The van der Waals surface area contributed by atoms with Gasteiger partial charge in [-0.15, -0.1) is 11.8 Å². The molecule has 0 saturated carbocycles. The van der Waals surface area contributed by atoms with E-state index in [1.165, 1.54) is 0 Å². The lowest BCUT2D eigenvalue weighted by Gasteiger charge is -2.06. The molecule has 1 aromatic heterocycles. The molecule has 2 aromatic carbocycles. The molecule has 3 rings (SSSR count). The van der Waals surface area contributed by atoms with Crippen molar-refractivity contribution >= 4 is 45.9 Å². The molecule has 0 aliphatic carbocycles. The fourth-order valence-electron chi connectivity index (χ4n) is 2.38. The second-order valence-corrected chi connectivity index (χ2v) is 7.35. The standard InChI is InChI=1S/C20H15Cl2NO2S/c1-23-18-7-6-16(12-14(18)4-9-20(23)24)26-11-3-2-10-25-19-8-5-15(21)13-17(19)22/h4-9,12-13H,10-11H2,1H3. The molecule has 6 heteroatoms. The number of benzene rings is 2. The molecule has 1 heterocycles. The van der Waals surface area contributed by atoms with Crippen LogP contribution in [-0.4, -0.2) is 16.9 Å². The van der Waals surface area contributed by atoms with Gasteiger partial charge in [-0.05, 0) is 47.9 Å². The predicted molar refractivity (Wildman–Crippen MR) is 110 cm³/mol. The third kappa shape index (κ3) is 4.56. The lowest BCUT2D eigenvalue weighted by atomic mass is 10.2. The molecule has 0 aliphatic rings. The zero-order chi connectivity index (χ0) is 18.5. The summed E-state index contributed by atoms with van der Waals surface area (Å²) in [5.41, 5.74) is 0.908.